The van der Waals surface area contributed by atoms with E-state index in [1.54, 1.807) is 0 Å². The average molecular weight is 462 g/mol. The van der Waals surface area contributed by atoms with E-state index in [1.165, 1.54) is 6.92 Å². The number of hydrogen-bond donors (Lipinski definition) is 1. The second-order valence-corrected chi connectivity index (χ2v) is 9.06. The standard InChI is InChI=1S/C19H29F2N4O5P/c1-7-19(21)16(15(20)17(29-19)24-10-8-14(26)23-18(24)27)30-31(28-11-9-22-6)25(12(2)3)13(4)5/h8,10,12-13,15-17H,7,9,11H2,1-5H3,(H,23,26,27)/t15-,16+,17?,19-,31?/m1/s1. The maximum Gasteiger partial charge on any atom is 0.330 e. The van der Waals surface area contributed by atoms with E-state index >= 15 is 8.78 Å². The molecule has 1 N–H and O–H groups in total. The van der Waals surface area contributed by atoms with Crippen molar-refractivity contribution in [3.63, 3.8) is 0 Å². The molecule has 0 aliphatic carbocycles. The number of aromatic amines is 1. The maximum absolute atomic E-state index is 15.6. The lowest BCUT2D eigenvalue weighted by Gasteiger charge is -2.38. The summed E-state index contributed by atoms with van der Waals surface area (Å²) in [4.78, 5) is 28.7. The van der Waals surface area contributed by atoms with Gasteiger partial charge in [0.15, 0.2) is 18.5 Å². The van der Waals surface area contributed by atoms with Crippen molar-refractivity contribution in [3.8, 4) is 0 Å². The van der Waals surface area contributed by atoms with Crippen LogP contribution in [0.3, 0.4) is 0 Å². The SMILES string of the molecule is [C-]#[N+]CCOP(O[C@H]1[C@@H](F)C(n2ccc(=O)[nH]c2=O)O[C@]1(F)CC)N(C(C)C)C(C)C. The van der Waals surface area contributed by atoms with E-state index in [0.717, 1.165) is 16.8 Å². The molecule has 0 bridgehead atoms. The number of nitrogens with zero attached hydrogens (tertiary/aromatic N) is 3. The Bertz CT molecular complexity index is 881. The molecule has 2 heterocycles. The molecule has 12 heteroatoms. The van der Waals surface area contributed by atoms with Gasteiger partial charge in [-0.1, -0.05) is 6.92 Å². The monoisotopic (exact) mass is 462 g/mol. The van der Waals surface area contributed by atoms with Crippen LogP contribution < -0.4 is 11.2 Å². The van der Waals surface area contributed by atoms with E-state index < -0.39 is 44.1 Å². The zero-order valence-electron chi connectivity index (χ0n) is 18.2. The van der Waals surface area contributed by atoms with Crippen molar-refractivity contribution in [1.82, 2.24) is 14.2 Å². The molecule has 1 aromatic rings. The van der Waals surface area contributed by atoms with Gasteiger partial charge in [0.1, 0.15) is 6.61 Å². The first-order chi connectivity index (χ1) is 14.6. The molecule has 9 nitrogen and oxygen atoms in total. The number of nitrogens with one attached hydrogen (secondary N) is 1. The molecule has 1 fully saturated rings. The van der Waals surface area contributed by atoms with Gasteiger partial charge in [-0.2, -0.15) is 0 Å². The molecule has 2 rings (SSSR count). The van der Waals surface area contributed by atoms with Crippen molar-refractivity contribution >= 4 is 8.53 Å². The Hall–Kier alpha value is -1.70. The lowest BCUT2D eigenvalue weighted by Crippen LogP contribution is -2.42. The number of aromatic nitrogens is 2. The number of alkyl halides is 2. The van der Waals surface area contributed by atoms with Crippen LogP contribution in [-0.2, 0) is 13.8 Å². The highest BCUT2D eigenvalue weighted by molar-refractivity contribution is 7.44. The predicted molar refractivity (Wildman–Crippen MR) is 112 cm³/mol. The van der Waals surface area contributed by atoms with Crippen molar-refractivity contribution < 1.29 is 22.6 Å². The molecule has 0 aromatic carbocycles. The summed E-state index contributed by atoms with van der Waals surface area (Å²) in [5, 5.41) is 0. The van der Waals surface area contributed by atoms with Crippen LogP contribution in [0.5, 0.6) is 0 Å². The lowest BCUT2D eigenvalue weighted by molar-refractivity contribution is -0.185. The first-order valence-corrected chi connectivity index (χ1v) is 11.2. The van der Waals surface area contributed by atoms with Gasteiger partial charge in [0.25, 0.3) is 14.1 Å². The molecule has 0 radical (unpaired) electrons. The van der Waals surface area contributed by atoms with Crippen molar-refractivity contribution in [2.45, 2.75) is 77.5 Å². The molecule has 0 spiro atoms. The fraction of sp³-hybridized carbons (Fsp3) is 0.737. The van der Waals surface area contributed by atoms with Crippen molar-refractivity contribution in [3.05, 3.63) is 44.5 Å². The predicted octanol–water partition coefficient (Wildman–Crippen LogP) is 3.15. The summed E-state index contributed by atoms with van der Waals surface area (Å²) in [6.45, 7) is 16.1. The van der Waals surface area contributed by atoms with Gasteiger partial charge in [0.05, 0.1) is 0 Å². The second kappa shape index (κ2) is 10.7. The highest BCUT2D eigenvalue weighted by Gasteiger charge is 2.59. The smallest absolute Gasteiger partial charge is 0.316 e. The summed E-state index contributed by atoms with van der Waals surface area (Å²) in [5.74, 6) is -2.52. The fourth-order valence-electron chi connectivity index (χ4n) is 3.37. The Balaban J connectivity index is 2.38. The molecule has 0 amide bonds. The molecule has 1 aliphatic heterocycles. The van der Waals surface area contributed by atoms with Crippen LogP contribution >= 0.6 is 8.53 Å². The van der Waals surface area contributed by atoms with Crippen LogP contribution in [0.15, 0.2) is 21.9 Å². The molecule has 174 valence electrons. The largest absolute Gasteiger partial charge is 0.330 e. The zero-order valence-corrected chi connectivity index (χ0v) is 19.1. The molecule has 2 unspecified atom stereocenters. The van der Waals surface area contributed by atoms with Gasteiger partial charge in [-0.25, -0.2) is 24.8 Å². The minimum Gasteiger partial charge on any atom is -0.316 e. The maximum atomic E-state index is 15.6. The van der Waals surface area contributed by atoms with E-state index in [2.05, 4.69) is 4.85 Å². The van der Waals surface area contributed by atoms with Crippen LogP contribution in [-0.4, -0.2) is 57.6 Å². The molecular formula is C19H29F2N4O5P. The highest BCUT2D eigenvalue weighted by atomic mass is 31.2. The summed E-state index contributed by atoms with van der Waals surface area (Å²) in [6.07, 6.45) is -4.53. The first kappa shape index (κ1) is 25.6. The Morgan fingerprint density at radius 2 is 2.03 bits per heavy atom. The lowest BCUT2D eigenvalue weighted by atomic mass is 10.1. The van der Waals surface area contributed by atoms with Gasteiger partial charge in [-0.15, -0.1) is 0 Å². The number of H-pyrrole nitrogens is 1. The summed E-state index contributed by atoms with van der Waals surface area (Å²) in [6, 6.07) is 0.900. The Kier molecular flexibility index (Phi) is 8.86. The molecular weight excluding hydrogens is 433 g/mol. The number of hydrogen-bond acceptors (Lipinski definition) is 6. The van der Waals surface area contributed by atoms with Crippen molar-refractivity contribution in [2.24, 2.45) is 0 Å². The molecule has 1 aliphatic rings. The van der Waals surface area contributed by atoms with Gasteiger partial charge in [-0.3, -0.25) is 14.3 Å². The van der Waals surface area contributed by atoms with E-state index in [0.29, 0.717) is 0 Å². The third kappa shape index (κ3) is 5.76. The molecule has 31 heavy (non-hydrogen) atoms. The summed E-state index contributed by atoms with van der Waals surface area (Å²) in [5.41, 5.74) is -1.58. The second-order valence-electron chi connectivity index (χ2n) is 7.66. The molecule has 1 saturated heterocycles. The van der Waals surface area contributed by atoms with Crippen LogP contribution in [0.1, 0.15) is 47.3 Å². The summed E-state index contributed by atoms with van der Waals surface area (Å²) in [7, 11) is -1.93. The molecule has 5 atom stereocenters. The average Bonchev–Trinajstić information content (AvgIpc) is 2.93. The normalized spacial score (nSPS) is 27.2. The van der Waals surface area contributed by atoms with Gasteiger partial charge >= 0.3 is 5.69 Å². The fourth-order valence-corrected chi connectivity index (χ4v) is 5.13. The van der Waals surface area contributed by atoms with E-state index in [-0.39, 0.29) is 31.7 Å². The van der Waals surface area contributed by atoms with Gasteiger partial charge in [-0.05, 0) is 27.7 Å². The Morgan fingerprint density at radius 3 is 2.55 bits per heavy atom. The van der Waals surface area contributed by atoms with Gasteiger partial charge < -0.3 is 18.6 Å². The Labute approximate surface area is 181 Å². The highest BCUT2D eigenvalue weighted by Crippen LogP contribution is 2.53. The van der Waals surface area contributed by atoms with Crippen LogP contribution in [0.4, 0.5) is 8.78 Å². The number of rotatable bonds is 10. The molecule has 1 aromatic heterocycles. The summed E-state index contributed by atoms with van der Waals surface area (Å²) >= 11 is 0. The zero-order chi connectivity index (χ0) is 23.3. The first-order valence-electron chi connectivity index (χ1n) is 10.1. The van der Waals surface area contributed by atoms with Gasteiger partial charge in [0, 0.05) is 30.8 Å². The van der Waals surface area contributed by atoms with E-state index in [4.69, 9.17) is 20.4 Å². The van der Waals surface area contributed by atoms with Crippen molar-refractivity contribution in [1.29, 1.82) is 0 Å². The van der Waals surface area contributed by atoms with Crippen molar-refractivity contribution in [2.75, 3.05) is 13.2 Å². The minimum absolute atomic E-state index is 0.0455. The Morgan fingerprint density at radius 1 is 1.39 bits per heavy atom. The summed E-state index contributed by atoms with van der Waals surface area (Å²) < 4.78 is 50.7. The van der Waals surface area contributed by atoms with Gasteiger partial charge in [0.2, 0.25) is 12.4 Å². The quantitative estimate of drug-likeness (QED) is 0.327. The van der Waals surface area contributed by atoms with E-state index in [1.807, 2.05) is 37.3 Å². The topological polar surface area (TPSA) is 90.2 Å². The third-order valence-electron chi connectivity index (χ3n) is 4.77. The van der Waals surface area contributed by atoms with Crippen LogP contribution in [0.25, 0.3) is 4.85 Å². The number of ether oxygens (including phenoxy) is 1. The number of halogens is 2. The van der Waals surface area contributed by atoms with E-state index in [9.17, 15) is 9.59 Å². The molecule has 0 saturated carbocycles. The minimum atomic E-state index is -2.52. The van der Waals surface area contributed by atoms with Crippen LogP contribution in [0, 0.1) is 6.57 Å². The van der Waals surface area contributed by atoms with Crippen LogP contribution in [0.2, 0.25) is 0 Å². The third-order valence-corrected chi connectivity index (χ3v) is 6.88.